The van der Waals surface area contributed by atoms with Crippen LogP contribution in [0, 0.1) is 26.0 Å². The van der Waals surface area contributed by atoms with Crippen molar-refractivity contribution in [1.29, 1.82) is 0 Å². The Kier molecular flexibility index (Phi) is 6.51. The standard InChI is InChI=1S/C24H24FN7O7/c1-13-12-39-23-20-15(10-17(25)21(23)29-7-5-28(2)6-8-29)22(33)16(11-30(13)20)24(34)27-26-18-4-3-14(31(35)36)9-19(18)32(37)38/h3-4,9-11,13,26H,5-8,12H2,1-2H3,(H,27,34)/t13-/m0/s1. The largest absolute Gasteiger partial charge is 0.487 e. The molecule has 2 N–H and O–H groups in total. The number of nitrogens with zero attached hydrogens (tertiary/aromatic N) is 5. The van der Waals surface area contributed by atoms with Crippen LogP contribution in [-0.2, 0) is 0 Å². The quantitative estimate of drug-likeness (QED) is 0.350. The number of pyridine rings is 1. The summed E-state index contributed by atoms with van der Waals surface area (Å²) in [4.78, 5) is 51.2. The van der Waals surface area contributed by atoms with Crippen LogP contribution in [-0.4, -0.2) is 65.1 Å². The lowest BCUT2D eigenvalue weighted by molar-refractivity contribution is -0.393. The third-order valence-electron chi connectivity index (χ3n) is 6.91. The molecule has 0 spiro atoms. The molecule has 1 aromatic heterocycles. The molecular formula is C24H24FN7O7. The number of nitrogens with one attached hydrogen (secondary N) is 2. The van der Waals surface area contributed by atoms with E-state index in [-0.39, 0.29) is 40.7 Å². The van der Waals surface area contributed by atoms with Gasteiger partial charge in [0.25, 0.3) is 11.6 Å². The lowest BCUT2D eigenvalue weighted by Gasteiger charge is -2.37. The van der Waals surface area contributed by atoms with E-state index in [0.29, 0.717) is 18.6 Å². The number of aromatic nitrogens is 1. The third kappa shape index (κ3) is 4.56. The van der Waals surface area contributed by atoms with Gasteiger partial charge in [-0.25, -0.2) is 4.39 Å². The average molecular weight is 541 g/mol. The van der Waals surface area contributed by atoms with Crippen LogP contribution in [0.3, 0.4) is 0 Å². The normalized spacial score (nSPS) is 17.0. The first-order valence-corrected chi connectivity index (χ1v) is 12.0. The number of anilines is 2. The van der Waals surface area contributed by atoms with Crippen molar-refractivity contribution >= 4 is 39.6 Å². The van der Waals surface area contributed by atoms with Crippen molar-refractivity contribution < 1.29 is 23.8 Å². The number of carbonyl (C=O) groups is 1. The van der Waals surface area contributed by atoms with Crippen LogP contribution >= 0.6 is 0 Å². The Morgan fingerprint density at radius 2 is 1.85 bits per heavy atom. The molecule has 204 valence electrons. The maximum atomic E-state index is 15.5. The monoisotopic (exact) mass is 541 g/mol. The third-order valence-corrected chi connectivity index (χ3v) is 6.91. The summed E-state index contributed by atoms with van der Waals surface area (Å²) in [6.07, 6.45) is 1.36. The molecule has 1 fully saturated rings. The number of hydrogen-bond donors (Lipinski definition) is 2. The first kappa shape index (κ1) is 25.8. The van der Waals surface area contributed by atoms with Gasteiger partial charge in [0.05, 0.1) is 32.9 Å². The molecule has 1 saturated heterocycles. The lowest BCUT2D eigenvalue weighted by Crippen LogP contribution is -2.45. The van der Waals surface area contributed by atoms with Crippen LogP contribution in [0.5, 0.6) is 5.75 Å². The molecule has 3 heterocycles. The second-order valence-electron chi connectivity index (χ2n) is 9.46. The summed E-state index contributed by atoms with van der Waals surface area (Å²) in [7, 11) is 1.98. The van der Waals surface area contributed by atoms with E-state index >= 15 is 4.39 Å². The van der Waals surface area contributed by atoms with Gasteiger partial charge in [-0.2, -0.15) is 0 Å². The minimum absolute atomic E-state index is 0.0408. The highest BCUT2D eigenvalue weighted by atomic mass is 19.1. The van der Waals surface area contributed by atoms with Crippen molar-refractivity contribution in [1.82, 2.24) is 14.9 Å². The minimum Gasteiger partial charge on any atom is -0.487 e. The van der Waals surface area contributed by atoms with E-state index in [2.05, 4.69) is 15.8 Å². The number of ether oxygens (including phenoxy) is 1. The van der Waals surface area contributed by atoms with E-state index in [1.807, 2.05) is 18.9 Å². The van der Waals surface area contributed by atoms with Crippen LogP contribution in [0.2, 0.25) is 0 Å². The fourth-order valence-electron chi connectivity index (χ4n) is 4.78. The van der Waals surface area contributed by atoms with Gasteiger partial charge in [0.15, 0.2) is 11.6 Å². The summed E-state index contributed by atoms with van der Waals surface area (Å²) in [6.45, 7) is 4.64. The van der Waals surface area contributed by atoms with Crippen LogP contribution in [0.25, 0.3) is 10.9 Å². The molecule has 5 rings (SSSR count). The first-order chi connectivity index (χ1) is 18.6. The lowest BCUT2D eigenvalue weighted by atomic mass is 10.0. The van der Waals surface area contributed by atoms with E-state index in [9.17, 15) is 29.8 Å². The van der Waals surface area contributed by atoms with Gasteiger partial charge >= 0.3 is 5.69 Å². The number of non-ortho nitro benzene ring substituents is 1. The highest BCUT2D eigenvalue weighted by Gasteiger charge is 2.31. The minimum atomic E-state index is -0.929. The summed E-state index contributed by atoms with van der Waals surface area (Å²) >= 11 is 0. The van der Waals surface area contributed by atoms with Gasteiger partial charge in [-0.3, -0.25) is 40.7 Å². The van der Waals surface area contributed by atoms with Crippen molar-refractivity contribution in [2.24, 2.45) is 0 Å². The topological polar surface area (TPSA) is 165 Å². The Morgan fingerprint density at radius 1 is 1.13 bits per heavy atom. The molecule has 0 bridgehead atoms. The number of rotatable bonds is 6. The van der Waals surface area contributed by atoms with Gasteiger partial charge in [-0.1, -0.05) is 0 Å². The fourth-order valence-corrected chi connectivity index (χ4v) is 4.78. The van der Waals surface area contributed by atoms with E-state index in [1.54, 1.807) is 4.57 Å². The van der Waals surface area contributed by atoms with Gasteiger partial charge in [-0.15, -0.1) is 0 Å². The average Bonchev–Trinajstić information content (AvgIpc) is 2.90. The molecule has 0 saturated carbocycles. The van der Waals surface area contributed by atoms with Crippen molar-refractivity contribution in [2.45, 2.75) is 13.0 Å². The summed E-state index contributed by atoms with van der Waals surface area (Å²) < 4.78 is 23.1. The van der Waals surface area contributed by atoms with Crippen LogP contribution < -0.4 is 25.9 Å². The molecular weight excluding hydrogens is 517 g/mol. The Hall–Kier alpha value is -4.79. The number of halogens is 1. The number of piperazine rings is 1. The predicted octanol–water partition coefficient (Wildman–Crippen LogP) is 2.42. The number of likely N-dealkylation sites (N-methyl/N-ethyl adjacent to an activating group) is 1. The molecule has 1 atom stereocenters. The maximum Gasteiger partial charge on any atom is 0.300 e. The summed E-state index contributed by atoms with van der Waals surface area (Å²) in [5.74, 6) is -1.32. The second kappa shape index (κ2) is 9.83. The molecule has 0 aliphatic carbocycles. The molecule has 39 heavy (non-hydrogen) atoms. The van der Waals surface area contributed by atoms with Gasteiger partial charge in [0.2, 0.25) is 5.43 Å². The summed E-state index contributed by atoms with van der Waals surface area (Å²) in [5.41, 5.74) is 2.78. The highest BCUT2D eigenvalue weighted by molar-refractivity contribution is 6.00. The maximum absolute atomic E-state index is 15.5. The van der Waals surface area contributed by atoms with Crippen molar-refractivity contribution in [2.75, 3.05) is 50.2 Å². The second-order valence-corrected chi connectivity index (χ2v) is 9.46. The number of hydrazine groups is 1. The molecule has 2 aromatic carbocycles. The van der Waals surface area contributed by atoms with Crippen molar-refractivity contribution in [3.8, 4) is 5.75 Å². The Morgan fingerprint density at radius 3 is 2.51 bits per heavy atom. The Labute approximate surface area is 219 Å². The molecule has 0 unspecified atom stereocenters. The van der Waals surface area contributed by atoms with Crippen LogP contribution in [0.4, 0.5) is 27.1 Å². The molecule has 2 aliphatic rings. The Bertz CT molecular complexity index is 1580. The number of hydrogen-bond acceptors (Lipinski definition) is 10. The molecule has 0 radical (unpaired) electrons. The van der Waals surface area contributed by atoms with E-state index < -0.39 is 38.4 Å². The first-order valence-electron chi connectivity index (χ1n) is 12.0. The van der Waals surface area contributed by atoms with Crippen molar-refractivity contribution in [3.63, 3.8) is 0 Å². The van der Waals surface area contributed by atoms with E-state index in [4.69, 9.17) is 4.74 Å². The highest BCUT2D eigenvalue weighted by Crippen LogP contribution is 2.42. The zero-order valence-corrected chi connectivity index (χ0v) is 21.0. The smallest absolute Gasteiger partial charge is 0.300 e. The van der Waals surface area contributed by atoms with Crippen LogP contribution in [0.15, 0.2) is 35.3 Å². The zero-order valence-electron chi connectivity index (χ0n) is 21.0. The molecule has 15 heteroatoms. The van der Waals surface area contributed by atoms with E-state index in [0.717, 1.165) is 37.4 Å². The molecule has 3 aromatic rings. The fraction of sp³-hybridized carbons (Fsp3) is 0.333. The van der Waals surface area contributed by atoms with E-state index in [1.165, 1.54) is 6.20 Å². The molecule has 14 nitrogen and oxygen atoms in total. The summed E-state index contributed by atoms with van der Waals surface area (Å²) in [5, 5.41) is 22.3. The number of amides is 1. The van der Waals surface area contributed by atoms with Crippen molar-refractivity contribution in [3.05, 3.63) is 72.3 Å². The van der Waals surface area contributed by atoms with Crippen LogP contribution in [0.1, 0.15) is 23.3 Å². The van der Waals surface area contributed by atoms with Gasteiger partial charge in [0, 0.05) is 38.4 Å². The number of nitro benzene ring substituents is 2. The molecule has 2 aliphatic heterocycles. The predicted molar refractivity (Wildman–Crippen MR) is 139 cm³/mol. The number of carbonyl (C=O) groups excluding carboxylic acids is 1. The van der Waals surface area contributed by atoms with Gasteiger partial charge in [0.1, 0.15) is 23.5 Å². The number of nitro groups is 2. The van der Waals surface area contributed by atoms with Gasteiger partial charge < -0.3 is 19.1 Å². The number of benzene rings is 2. The molecule has 1 amide bonds. The zero-order chi connectivity index (χ0) is 28.0. The summed E-state index contributed by atoms with van der Waals surface area (Å²) in [6, 6.07) is 3.65. The Balaban J connectivity index is 1.52. The van der Waals surface area contributed by atoms with Gasteiger partial charge in [-0.05, 0) is 26.1 Å². The SMILES string of the molecule is C[C@H]1COc2c(N3CCN(C)CC3)c(F)cc3c(=O)c(C(=O)NNc4ccc([N+](=O)[O-])cc4[N+](=O)[O-])cn1c23.